The first kappa shape index (κ1) is 32.2. The lowest BCUT2D eigenvalue weighted by molar-refractivity contribution is 0.112. The van der Waals surface area contributed by atoms with Crippen LogP contribution in [0.25, 0.3) is 16.9 Å². The van der Waals surface area contributed by atoms with Crippen LogP contribution in [0.5, 0.6) is 0 Å². The summed E-state index contributed by atoms with van der Waals surface area (Å²) in [7, 11) is 1.92. The molecule has 0 bridgehead atoms. The van der Waals surface area contributed by atoms with Crippen LogP contribution < -0.4 is 20.9 Å². The normalized spacial score (nSPS) is 12.8. The molecule has 0 spiro atoms. The van der Waals surface area contributed by atoms with Gasteiger partial charge in [0.1, 0.15) is 6.29 Å². The highest BCUT2D eigenvalue weighted by Crippen LogP contribution is 2.27. The maximum absolute atomic E-state index is 10.4. The first-order valence-corrected chi connectivity index (χ1v) is 15.3. The smallest absolute Gasteiger partial charge is 0.180 e. The van der Waals surface area contributed by atoms with E-state index in [2.05, 4.69) is 83.0 Å². The molecule has 0 aliphatic carbocycles. The fourth-order valence-corrected chi connectivity index (χ4v) is 4.87. The third kappa shape index (κ3) is 8.23. The summed E-state index contributed by atoms with van der Waals surface area (Å²) < 4.78 is 2.01. The molecule has 3 heterocycles. The van der Waals surface area contributed by atoms with Gasteiger partial charge in [0, 0.05) is 80.0 Å². The Kier molecular flexibility index (Phi) is 11.1. The number of carbonyl (C=O) groups is 1. The first-order chi connectivity index (χ1) is 21.3. The van der Waals surface area contributed by atoms with E-state index in [0.29, 0.717) is 0 Å². The number of hydrogen-bond acceptors (Lipinski definition) is 7. The number of nitrogens with zero attached hydrogens (tertiary/aromatic N) is 4. The van der Waals surface area contributed by atoms with Crippen LogP contribution in [0.1, 0.15) is 50.5 Å². The van der Waals surface area contributed by atoms with Crippen LogP contribution in [-0.4, -0.2) is 53.9 Å². The molecular formula is C36H45N7O. The SMILES string of the molecule is CC.CC(C)(C)c1ccc(C=O)cc1.CNc1cccc(-c2cn3ccnc3c(Nc3ccc(N4CCNCC4)cc3)n2)c1. The van der Waals surface area contributed by atoms with Gasteiger partial charge in [-0.15, -0.1) is 0 Å². The zero-order valence-corrected chi connectivity index (χ0v) is 26.8. The van der Waals surface area contributed by atoms with Crippen molar-refractivity contribution >= 4 is 34.8 Å². The molecule has 0 amide bonds. The summed E-state index contributed by atoms with van der Waals surface area (Å²) in [5.41, 5.74) is 8.20. The molecule has 0 radical (unpaired) electrons. The number of carbonyl (C=O) groups excluding carboxylic acids is 1. The molecule has 1 fully saturated rings. The van der Waals surface area contributed by atoms with Gasteiger partial charge in [-0.1, -0.05) is 71.0 Å². The molecule has 44 heavy (non-hydrogen) atoms. The summed E-state index contributed by atoms with van der Waals surface area (Å²) in [5.74, 6) is 0.738. The number of benzene rings is 3. The molecule has 3 aromatic carbocycles. The average Bonchev–Trinajstić information content (AvgIpc) is 3.56. The Labute approximate surface area is 261 Å². The molecular weight excluding hydrogens is 546 g/mol. The van der Waals surface area contributed by atoms with Gasteiger partial charge in [0.15, 0.2) is 11.5 Å². The van der Waals surface area contributed by atoms with Gasteiger partial charge < -0.3 is 25.3 Å². The van der Waals surface area contributed by atoms with E-state index < -0.39 is 0 Å². The number of piperazine rings is 1. The average molecular weight is 592 g/mol. The zero-order valence-electron chi connectivity index (χ0n) is 26.8. The van der Waals surface area contributed by atoms with E-state index in [1.807, 2.05) is 74.1 Å². The Morgan fingerprint density at radius 3 is 2.25 bits per heavy atom. The molecule has 0 atom stereocenters. The maximum atomic E-state index is 10.4. The van der Waals surface area contributed by atoms with Crippen molar-refractivity contribution in [2.24, 2.45) is 0 Å². The molecule has 3 N–H and O–H groups in total. The minimum absolute atomic E-state index is 0.168. The molecule has 230 valence electrons. The van der Waals surface area contributed by atoms with Crippen molar-refractivity contribution in [2.75, 3.05) is 48.8 Å². The Morgan fingerprint density at radius 1 is 0.909 bits per heavy atom. The Morgan fingerprint density at radius 2 is 1.61 bits per heavy atom. The number of aldehydes is 1. The van der Waals surface area contributed by atoms with Gasteiger partial charge in [-0.2, -0.15) is 0 Å². The third-order valence-corrected chi connectivity index (χ3v) is 7.35. The van der Waals surface area contributed by atoms with Crippen LogP contribution in [-0.2, 0) is 5.41 Å². The van der Waals surface area contributed by atoms with E-state index in [1.165, 1.54) is 11.3 Å². The minimum atomic E-state index is 0.168. The summed E-state index contributed by atoms with van der Waals surface area (Å²) in [4.78, 5) is 22.1. The largest absolute Gasteiger partial charge is 0.388 e. The summed E-state index contributed by atoms with van der Waals surface area (Å²) in [6, 6.07) is 24.5. The molecule has 1 aliphatic rings. The molecule has 0 saturated carbocycles. The Balaban J connectivity index is 0.000000266. The second kappa shape index (κ2) is 15.2. The number of fused-ring (bicyclic) bond motifs is 1. The Bertz CT molecular complexity index is 1610. The standard InChI is InChI=1S/C23H25N7.C11H14O.C2H6/c1-24-19-4-2-3-17(15-19)21-16-30-14-11-26-23(30)22(28-21)27-18-5-7-20(8-6-18)29-12-9-25-10-13-29;1-11(2,3)10-6-4-9(8-12)5-7-10;1-2/h2-8,11,14-16,24-25H,9-10,12-13H2,1H3,(H,27,28);4-8H,1-3H3;1-2H3. The quantitative estimate of drug-likeness (QED) is 0.177. The fraction of sp³-hybridized carbons (Fsp3) is 0.306. The second-order valence-corrected chi connectivity index (χ2v) is 11.4. The maximum Gasteiger partial charge on any atom is 0.180 e. The van der Waals surface area contributed by atoms with Crippen LogP contribution >= 0.6 is 0 Å². The van der Waals surface area contributed by atoms with Crippen molar-refractivity contribution in [3.8, 4) is 11.3 Å². The van der Waals surface area contributed by atoms with Gasteiger partial charge in [0.05, 0.1) is 5.69 Å². The van der Waals surface area contributed by atoms with Gasteiger partial charge in [-0.25, -0.2) is 9.97 Å². The van der Waals surface area contributed by atoms with Crippen LogP contribution in [0.15, 0.2) is 91.4 Å². The highest BCUT2D eigenvalue weighted by atomic mass is 16.1. The van der Waals surface area contributed by atoms with Crippen molar-refractivity contribution in [3.05, 3.63) is 103 Å². The lowest BCUT2D eigenvalue weighted by Crippen LogP contribution is -2.43. The van der Waals surface area contributed by atoms with E-state index in [0.717, 1.165) is 72.1 Å². The van der Waals surface area contributed by atoms with Gasteiger partial charge in [-0.3, -0.25) is 4.79 Å². The lowest BCUT2D eigenvalue weighted by Gasteiger charge is -2.29. The van der Waals surface area contributed by atoms with Crippen molar-refractivity contribution in [2.45, 2.75) is 40.0 Å². The molecule has 1 saturated heterocycles. The number of imidazole rings is 1. The van der Waals surface area contributed by atoms with Crippen LogP contribution in [0.2, 0.25) is 0 Å². The second-order valence-electron chi connectivity index (χ2n) is 11.4. The van der Waals surface area contributed by atoms with Gasteiger partial charge in [0.2, 0.25) is 0 Å². The lowest BCUT2D eigenvalue weighted by atomic mass is 9.87. The molecule has 8 heteroatoms. The van der Waals surface area contributed by atoms with Crippen molar-refractivity contribution in [3.63, 3.8) is 0 Å². The van der Waals surface area contributed by atoms with Crippen LogP contribution in [0, 0.1) is 0 Å². The predicted molar refractivity (Wildman–Crippen MR) is 185 cm³/mol. The van der Waals surface area contributed by atoms with Crippen molar-refractivity contribution in [1.82, 2.24) is 19.7 Å². The Hall–Kier alpha value is -4.69. The van der Waals surface area contributed by atoms with Crippen molar-refractivity contribution in [1.29, 1.82) is 0 Å². The minimum Gasteiger partial charge on any atom is -0.388 e. The number of anilines is 4. The van der Waals surface area contributed by atoms with Gasteiger partial charge in [0.25, 0.3) is 0 Å². The molecule has 0 unspecified atom stereocenters. The molecule has 2 aromatic heterocycles. The third-order valence-electron chi connectivity index (χ3n) is 7.35. The van der Waals surface area contributed by atoms with E-state index in [-0.39, 0.29) is 5.41 Å². The van der Waals surface area contributed by atoms with Crippen LogP contribution in [0.3, 0.4) is 0 Å². The van der Waals surface area contributed by atoms with E-state index >= 15 is 0 Å². The van der Waals surface area contributed by atoms with Crippen molar-refractivity contribution < 1.29 is 4.79 Å². The summed E-state index contributed by atoms with van der Waals surface area (Å²) in [5, 5.41) is 10.0. The van der Waals surface area contributed by atoms with E-state index in [1.54, 1.807) is 6.20 Å². The molecule has 1 aliphatic heterocycles. The summed E-state index contributed by atoms with van der Waals surface area (Å²) in [6.45, 7) is 14.6. The fourth-order valence-electron chi connectivity index (χ4n) is 4.87. The number of hydrogen-bond donors (Lipinski definition) is 3. The topological polar surface area (TPSA) is 86.6 Å². The van der Waals surface area contributed by atoms with Gasteiger partial charge in [-0.05, 0) is 47.4 Å². The summed E-state index contributed by atoms with van der Waals surface area (Å²) >= 11 is 0. The number of rotatable bonds is 6. The number of aromatic nitrogens is 3. The van der Waals surface area contributed by atoms with E-state index in [4.69, 9.17) is 4.98 Å². The first-order valence-electron chi connectivity index (χ1n) is 15.3. The molecule has 6 rings (SSSR count). The number of nitrogens with one attached hydrogen (secondary N) is 3. The van der Waals surface area contributed by atoms with Crippen LogP contribution in [0.4, 0.5) is 22.9 Å². The highest BCUT2D eigenvalue weighted by molar-refractivity contribution is 5.75. The monoisotopic (exact) mass is 591 g/mol. The predicted octanol–water partition coefficient (Wildman–Crippen LogP) is 7.41. The van der Waals surface area contributed by atoms with E-state index in [9.17, 15) is 4.79 Å². The highest BCUT2D eigenvalue weighted by Gasteiger charge is 2.13. The molecule has 5 aromatic rings. The summed E-state index contributed by atoms with van der Waals surface area (Å²) in [6.07, 6.45) is 6.62. The van der Waals surface area contributed by atoms with Gasteiger partial charge >= 0.3 is 0 Å². The molecule has 8 nitrogen and oxygen atoms in total. The zero-order chi connectivity index (χ0) is 31.5.